The minimum Gasteiger partial charge on any atom is -0.467 e. The summed E-state index contributed by atoms with van der Waals surface area (Å²) < 4.78 is 5.65. The van der Waals surface area contributed by atoms with Crippen molar-refractivity contribution < 1.29 is 4.42 Å². The molecule has 1 aromatic heterocycles. The maximum atomic E-state index is 5.65. The summed E-state index contributed by atoms with van der Waals surface area (Å²) in [6.45, 7) is 11.5. The Bertz CT molecular complexity index is 543. The number of hydrogen-bond donors (Lipinski definition) is 1. The number of aryl methyl sites for hydroxylation is 3. The molecule has 0 spiro atoms. The number of nitrogens with one attached hydrogen (secondary N) is 1. The maximum absolute atomic E-state index is 5.65. The van der Waals surface area contributed by atoms with Gasteiger partial charge in [0.2, 0.25) is 0 Å². The van der Waals surface area contributed by atoms with Gasteiger partial charge in [0.1, 0.15) is 5.76 Å². The molecule has 0 bridgehead atoms. The molecule has 0 aliphatic rings. The lowest BCUT2D eigenvalue weighted by Gasteiger charge is -2.13. The van der Waals surface area contributed by atoms with E-state index in [2.05, 4.69) is 58.1 Å². The first kappa shape index (κ1) is 13.9. The van der Waals surface area contributed by atoms with Gasteiger partial charge in [0.15, 0.2) is 0 Å². The predicted octanol–water partition coefficient (Wildman–Crippen LogP) is 4.37. The van der Waals surface area contributed by atoms with E-state index in [1.165, 1.54) is 27.8 Å². The minimum absolute atomic E-state index is 0.457. The normalized spacial score (nSPS) is 11.3. The van der Waals surface area contributed by atoms with Gasteiger partial charge in [-0.05, 0) is 43.5 Å². The molecule has 0 saturated heterocycles. The molecule has 2 aromatic rings. The molecule has 0 aliphatic heterocycles. The molecule has 2 rings (SSSR count). The molecule has 1 N–H and O–H groups in total. The van der Waals surface area contributed by atoms with Crippen LogP contribution in [-0.4, -0.2) is 6.04 Å². The van der Waals surface area contributed by atoms with Crippen molar-refractivity contribution >= 4 is 0 Å². The largest absolute Gasteiger partial charge is 0.467 e. The van der Waals surface area contributed by atoms with Gasteiger partial charge in [-0.3, -0.25) is 0 Å². The highest BCUT2D eigenvalue weighted by atomic mass is 16.3. The average Bonchev–Trinajstić information content (AvgIpc) is 2.73. The van der Waals surface area contributed by atoms with Crippen molar-refractivity contribution in [1.29, 1.82) is 0 Å². The molecule has 2 heteroatoms. The third-order valence-corrected chi connectivity index (χ3v) is 3.36. The summed E-state index contributed by atoms with van der Waals surface area (Å²) in [5.74, 6) is 1.02. The van der Waals surface area contributed by atoms with Gasteiger partial charge in [0.25, 0.3) is 0 Å². The topological polar surface area (TPSA) is 25.2 Å². The Morgan fingerprint density at radius 2 is 1.74 bits per heavy atom. The summed E-state index contributed by atoms with van der Waals surface area (Å²) in [6.07, 6.45) is 1.78. The Balaban J connectivity index is 2.40. The van der Waals surface area contributed by atoms with E-state index in [9.17, 15) is 0 Å². The second-order valence-electron chi connectivity index (χ2n) is 5.57. The van der Waals surface area contributed by atoms with Gasteiger partial charge in [-0.1, -0.05) is 31.5 Å². The third kappa shape index (κ3) is 3.07. The van der Waals surface area contributed by atoms with Crippen molar-refractivity contribution in [2.24, 2.45) is 0 Å². The zero-order valence-electron chi connectivity index (χ0n) is 12.5. The SMILES string of the molecule is Cc1cc(C)c(-c2ccoc2CNC(C)C)c(C)c1. The number of rotatable bonds is 4. The molecule has 0 amide bonds. The minimum atomic E-state index is 0.457. The summed E-state index contributed by atoms with van der Waals surface area (Å²) in [5.41, 5.74) is 6.45. The summed E-state index contributed by atoms with van der Waals surface area (Å²) >= 11 is 0. The van der Waals surface area contributed by atoms with Crippen LogP contribution in [0.15, 0.2) is 28.9 Å². The zero-order valence-corrected chi connectivity index (χ0v) is 12.5. The number of hydrogen-bond acceptors (Lipinski definition) is 2. The molecule has 0 radical (unpaired) electrons. The van der Waals surface area contributed by atoms with E-state index in [1.807, 2.05) is 0 Å². The molecular weight excluding hydrogens is 234 g/mol. The highest BCUT2D eigenvalue weighted by molar-refractivity contribution is 5.72. The number of benzene rings is 1. The molecule has 102 valence electrons. The molecule has 0 atom stereocenters. The lowest BCUT2D eigenvalue weighted by molar-refractivity contribution is 0.466. The molecule has 1 aromatic carbocycles. The quantitative estimate of drug-likeness (QED) is 0.879. The van der Waals surface area contributed by atoms with E-state index in [0.29, 0.717) is 6.04 Å². The van der Waals surface area contributed by atoms with Crippen LogP contribution in [0.3, 0.4) is 0 Å². The van der Waals surface area contributed by atoms with Gasteiger partial charge in [-0.15, -0.1) is 0 Å². The van der Waals surface area contributed by atoms with E-state index in [1.54, 1.807) is 6.26 Å². The van der Waals surface area contributed by atoms with Gasteiger partial charge in [0.05, 0.1) is 12.8 Å². The first-order valence-corrected chi connectivity index (χ1v) is 6.87. The fourth-order valence-corrected chi connectivity index (χ4v) is 2.60. The van der Waals surface area contributed by atoms with Gasteiger partial charge >= 0.3 is 0 Å². The highest BCUT2D eigenvalue weighted by Crippen LogP contribution is 2.31. The Labute approximate surface area is 115 Å². The summed E-state index contributed by atoms with van der Waals surface area (Å²) in [7, 11) is 0. The predicted molar refractivity (Wildman–Crippen MR) is 80.3 cm³/mol. The monoisotopic (exact) mass is 257 g/mol. The molecule has 1 heterocycles. The molecule has 0 saturated carbocycles. The van der Waals surface area contributed by atoms with E-state index in [0.717, 1.165) is 12.3 Å². The first-order valence-electron chi connectivity index (χ1n) is 6.87. The van der Waals surface area contributed by atoms with Gasteiger partial charge in [0, 0.05) is 11.6 Å². The summed E-state index contributed by atoms with van der Waals surface area (Å²) in [4.78, 5) is 0. The van der Waals surface area contributed by atoms with E-state index in [-0.39, 0.29) is 0 Å². The fourth-order valence-electron chi connectivity index (χ4n) is 2.60. The fraction of sp³-hybridized carbons (Fsp3) is 0.412. The van der Waals surface area contributed by atoms with Crippen molar-refractivity contribution in [3.05, 3.63) is 46.9 Å². The molecule has 2 nitrogen and oxygen atoms in total. The first-order chi connectivity index (χ1) is 8.99. The lowest BCUT2D eigenvalue weighted by atomic mass is 9.94. The Morgan fingerprint density at radius 3 is 2.32 bits per heavy atom. The van der Waals surface area contributed by atoms with Crippen molar-refractivity contribution in [2.75, 3.05) is 0 Å². The Morgan fingerprint density at radius 1 is 1.11 bits per heavy atom. The van der Waals surface area contributed by atoms with Crippen LogP contribution in [0, 0.1) is 20.8 Å². The van der Waals surface area contributed by atoms with Crippen molar-refractivity contribution in [3.63, 3.8) is 0 Å². The second-order valence-corrected chi connectivity index (χ2v) is 5.57. The van der Waals surface area contributed by atoms with E-state index < -0.39 is 0 Å². The zero-order chi connectivity index (χ0) is 14.0. The average molecular weight is 257 g/mol. The van der Waals surface area contributed by atoms with E-state index >= 15 is 0 Å². The molecular formula is C17H23NO. The van der Waals surface area contributed by atoms with Crippen LogP contribution in [-0.2, 0) is 6.54 Å². The summed E-state index contributed by atoms with van der Waals surface area (Å²) in [5, 5.41) is 3.41. The lowest BCUT2D eigenvalue weighted by Crippen LogP contribution is -2.21. The standard InChI is InChI=1S/C17H23NO/c1-11(2)18-10-16-15(6-7-19-16)17-13(4)8-12(3)9-14(17)5/h6-9,11,18H,10H2,1-5H3. The van der Waals surface area contributed by atoms with Crippen molar-refractivity contribution in [3.8, 4) is 11.1 Å². The summed E-state index contributed by atoms with van der Waals surface area (Å²) in [6, 6.07) is 6.99. The van der Waals surface area contributed by atoms with Crippen LogP contribution in [0.5, 0.6) is 0 Å². The van der Waals surface area contributed by atoms with Crippen LogP contribution in [0.4, 0.5) is 0 Å². The molecule has 0 aliphatic carbocycles. The molecule has 19 heavy (non-hydrogen) atoms. The molecule has 0 unspecified atom stereocenters. The smallest absolute Gasteiger partial charge is 0.125 e. The maximum Gasteiger partial charge on any atom is 0.125 e. The Kier molecular flexibility index (Phi) is 4.11. The van der Waals surface area contributed by atoms with Crippen LogP contribution < -0.4 is 5.32 Å². The van der Waals surface area contributed by atoms with Crippen LogP contribution >= 0.6 is 0 Å². The Hall–Kier alpha value is -1.54. The van der Waals surface area contributed by atoms with Crippen LogP contribution in [0.2, 0.25) is 0 Å². The van der Waals surface area contributed by atoms with Crippen LogP contribution in [0.1, 0.15) is 36.3 Å². The highest BCUT2D eigenvalue weighted by Gasteiger charge is 2.13. The second kappa shape index (κ2) is 5.62. The number of furan rings is 1. The van der Waals surface area contributed by atoms with Gasteiger partial charge in [-0.2, -0.15) is 0 Å². The van der Waals surface area contributed by atoms with E-state index in [4.69, 9.17) is 4.42 Å². The van der Waals surface area contributed by atoms with Crippen molar-refractivity contribution in [2.45, 2.75) is 47.2 Å². The van der Waals surface area contributed by atoms with Gasteiger partial charge < -0.3 is 9.73 Å². The molecule has 0 fully saturated rings. The van der Waals surface area contributed by atoms with Gasteiger partial charge in [-0.25, -0.2) is 0 Å². The van der Waals surface area contributed by atoms with Crippen molar-refractivity contribution in [1.82, 2.24) is 5.32 Å². The third-order valence-electron chi connectivity index (χ3n) is 3.36. The van der Waals surface area contributed by atoms with Crippen LogP contribution in [0.25, 0.3) is 11.1 Å².